The minimum Gasteiger partial charge on any atom is -0.496 e. The van der Waals surface area contributed by atoms with Gasteiger partial charge in [-0.3, -0.25) is 4.79 Å². The van der Waals surface area contributed by atoms with Crippen molar-refractivity contribution in [1.82, 2.24) is 0 Å². The van der Waals surface area contributed by atoms with Crippen molar-refractivity contribution in [2.75, 3.05) is 12.4 Å². The van der Waals surface area contributed by atoms with Crippen LogP contribution in [0.1, 0.15) is 27.0 Å². The van der Waals surface area contributed by atoms with Gasteiger partial charge in [-0.15, -0.1) is 0 Å². The topological polar surface area (TPSA) is 47.6 Å². The van der Waals surface area contributed by atoms with Gasteiger partial charge in [0.2, 0.25) is 0 Å². The van der Waals surface area contributed by atoms with Crippen molar-refractivity contribution in [2.24, 2.45) is 0 Å². The van der Waals surface area contributed by atoms with E-state index in [1.807, 2.05) is 30.3 Å². The smallest absolute Gasteiger partial charge is 0.416 e. The molecule has 162 valence electrons. The zero-order chi connectivity index (χ0) is 22.4. The molecule has 3 aromatic rings. The highest BCUT2D eigenvalue weighted by atomic mass is 35.5. The van der Waals surface area contributed by atoms with Gasteiger partial charge in [0.25, 0.3) is 5.91 Å². The number of amides is 1. The number of nitrogens with one attached hydrogen (secondary N) is 1. The summed E-state index contributed by atoms with van der Waals surface area (Å²) in [7, 11) is 1.50. The number of ether oxygens (including phenoxy) is 2. The number of hydrogen-bond donors (Lipinski definition) is 1. The quantitative estimate of drug-likeness (QED) is 0.458. The van der Waals surface area contributed by atoms with Gasteiger partial charge in [-0.2, -0.15) is 13.2 Å². The van der Waals surface area contributed by atoms with E-state index in [1.165, 1.54) is 13.2 Å². The van der Waals surface area contributed by atoms with E-state index >= 15 is 0 Å². The molecule has 0 spiro atoms. The molecule has 1 N–H and O–H groups in total. The summed E-state index contributed by atoms with van der Waals surface area (Å²) in [6.07, 6.45) is -4.55. The molecule has 3 rings (SSSR count). The van der Waals surface area contributed by atoms with Crippen LogP contribution in [0.2, 0.25) is 5.02 Å². The number of benzene rings is 3. The number of halogens is 4. The molecule has 0 fully saturated rings. The van der Waals surface area contributed by atoms with Gasteiger partial charge in [-0.25, -0.2) is 0 Å². The SMILES string of the molecule is COc1ccc(C(=O)Nc2cc(C(F)(F)F)ccc2Cl)cc1COCc1ccccc1. The van der Waals surface area contributed by atoms with Gasteiger partial charge < -0.3 is 14.8 Å². The highest BCUT2D eigenvalue weighted by Crippen LogP contribution is 2.34. The van der Waals surface area contributed by atoms with Crippen LogP contribution in [0.15, 0.2) is 66.7 Å². The molecule has 0 bridgehead atoms. The third-order valence-corrected chi connectivity index (χ3v) is 4.78. The van der Waals surface area contributed by atoms with Crippen molar-refractivity contribution in [2.45, 2.75) is 19.4 Å². The van der Waals surface area contributed by atoms with Gasteiger partial charge in [-0.1, -0.05) is 41.9 Å². The van der Waals surface area contributed by atoms with Crippen molar-refractivity contribution in [3.8, 4) is 5.75 Å². The van der Waals surface area contributed by atoms with E-state index in [-0.39, 0.29) is 22.9 Å². The van der Waals surface area contributed by atoms with Crippen LogP contribution < -0.4 is 10.1 Å². The monoisotopic (exact) mass is 449 g/mol. The minimum atomic E-state index is -4.55. The largest absolute Gasteiger partial charge is 0.496 e. The van der Waals surface area contributed by atoms with Crippen LogP contribution in [0.4, 0.5) is 18.9 Å². The van der Waals surface area contributed by atoms with E-state index in [0.29, 0.717) is 17.9 Å². The van der Waals surface area contributed by atoms with E-state index in [9.17, 15) is 18.0 Å². The normalized spacial score (nSPS) is 11.3. The molecule has 0 aromatic heterocycles. The van der Waals surface area contributed by atoms with Gasteiger partial charge in [0.05, 0.1) is 36.6 Å². The Morgan fingerprint density at radius 1 is 1.00 bits per heavy atom. The zero-order valence-electron chi connectivity index (χ0n) is 16.5. The minimum absolute atomic E-state index is 0.00118. The summed E-state index contributed by atoms with van der Waals surface area (Å²) in [6.45, 7) is 0.559. The van der Waals surface area contributed by atoms with E-state index in [2.05, 4.69) is 5.32 Å². The number of methoxy groups -OCH3 is 1. The van der Waals surface area contributed by atoms with Gasteiger partial charge in [0.15, 0.2) is 0 Å². The number of hydrogen-bond acceptors (Lipinski definition) is 3. The summed E-state index contributed by atoms with van der Waals surface area (Å²) in [5.74, 6) is -0.0742. The maximum absolute atomic E-state index is 13.0. The van der Waals surface area contributed by atoms with Gasteiger partial charge in [0.1, 0.15) is 5.75 Å². The average Bonchev–Trinajstić information content (AvgIpc) is 2.75. The maximum Gasteiger partial charge on any atom is 0.416 e. The van der Waals surface area contributed by atoms with Crippen molar-refractivity contribution in [1.29, 1.82) is 0 Å². The lowest BCUT2D eigenvalue weighted by Crippen LogP contribution is -2.14. The van der Waals surface area contributed by atoms with Crippen LogP contribution in [0.25, 0.3) is 0 Å². The van der Waals surface area contributed by atoms with E-state index in [4.69, 9.17) is 21.1 Å². The molecule has 1 amide bonds. The summed E-state index contributed by atoms with van der Waals surface area (Å²) >= 11 is 5.96. The Bertz CT molecular complexity index is 1060. The summed E-state index contributed by atoms with van der Waals surface area (Å²) in [5.41, 5.74) is 0.819. The van der Waals surface area contributed by atoms with Crippen LogP contribution in [0.3, 0.4) is 0 Å². The molecular formula is C23H19ClF3NO3. The van der Waals surface area contributed by atoms with Crippen LogP contribution in [-0.4, -0.2) is 13.0 Å². The Morgan fingerprint density at radius 2 is 1.74 bits per heavy atom. The molecule has 0 radical (unpaired) electrons. The molecule has 0 unspecified atom stereocenters. The number of carbonyl (C=O) groups excluding carboxylic acids is 1. The summed E-state index contributed by atoms with van der Waals surface area (Å²) in [5, 5.41) is 2.43. The molecule has 0 heterocycles. The fraction of sp³-hybridized carbons (Fsp3) is 0.174. The Balaban J connectivity index is 1.75. The van der Waals surface area contributed by atoms with E-state index < -0.39 is 17.6 Å². The lowest BCUT2D eigenvalue weighted by atomic mass is 10.1. The van der Waals surface area contributed by atoms with Crippen LogP contribution in [-0.2, 0) is 24.1 Å². The summed E-state index contributed by atoms with van der Waals surface area (Å²) in [4.78, 5) is 12.6. The molecule has 8 heteroatoms. The maximum atomic E-state index is 13.0. The number of alkyl halides is 3. The Morgan fingerprint density at radius 3 is 2.42 bits per heavy atom. The average molecular weight is 450 g/mol. The van der Waals surface area contributed by atoms with Gasteiger partial charge in [-0.05, 0) is 42.0 Å². The van der Waals surface area contributed by atoms with Gasteiger partial charge >= 0.3 is 6.18 Å². The third-order valence-electron chi connectivity index (χ3n) is 4.45. The first-order chi connectivity index (χ1) is 14.8. The highest BCUT2D eigenvalue weighted by Gasteiger charge is 2.31. The van der Waals surface area contributed by atoms with Crippen molar-refractivity contribution >= 4 is 23.2 Å². The molecular weight excluding hydrogens is 431 g/mol. The number of carbonyl (C=O) groups is 1. The first kappa shape index (κ1) is 22.7. The lowest BCUT2D eigenvalue weighted by molar-refractivity contribution is -0.137. The molecule has 4 nitrogen and oxygen atoms in total. The molecule has 0 aliphatic rings. The first-order valence-electron chi connectivity index (χ1n) is 9.24. The van der Waals surface area contributed by atoms with Crippen LogP contribution in [0.5, 0.6) is 5.75 Å². The van der Waals surface area contributed by atoms with E-state index in [1.54, 1.807) is 12.1 Å². The summed E-state index contributed by atoms with van der Waals surface area (Å²) < 4.78 is 49.9. The zero-order valence-corrected chi connectivity index (χ0v) is 17.3. The molecule has 0 aliphatic carbocycles. The standard InChI is InChI=1S/C23H19ClF3NO3/c1-30-21-10-7-16(11-17(21)14-31-13-15-5-3-2-4-6-15)22(29)28-20-12-18(23(25,26)27)8-9-19(20)24/h2-12H,13-14H2,1H3,(H,28,29). The third kappa shape index (κ3) is 5.99. The second kappa shape index (κ2) is 9.85. The lowest BCUT2D eigenvalue weighted by Gasteiger charge is -2.13. The predicted molar refractivity (Wildman–Crippen MR) is 112 cm³/mol. The molecule has 3 aromatic carbocycles. The first-order valence-corrected chi connectivity index (χ1v) is 9.62. The van der Waals surface area contributed by atoms with Gasteiger partial charge in [0, 0.05) is 11.1 Å². The van der Waals surface area contributed by atoms with Crippen molar-refractivity contribution in [3.63, 3.8) is 0 Å². The second-order valence-electron chi connectivity index (χ2n) is 6.65. The highest BCUT2D eigenvalue weighted by molar-refractivity contribution is 6.34. The number of anilines is 1. The van der Waals surface area contributed by atoms with Crippen LogP contribution in [0, 0.1) is 0 Å². The Kier molecular flexibility index (Phi) is 7.20. The fourth-order valence-electron chi connectivity index (χ4n) is 2.88. The molecule has 31 heavy (non-hydrogen) atoms. The predicted octanol–water partition coefficient (Wildman–Crippen LogP) is 6.34. The summed E-state index contributed by atoms with van der Waals surface area (Å²) in [6, 6.07) is 17.0. The van der Waals surface area contributed by atoms with Crippen molar-refractivity contribution in [3.05, 3.63) is 94.0 Å². The molecule has 0 aliphatic heterocycles. The fourth-order valence-corrected chi connectivity index (χ4v) is 3.04. The molecule has 0 atom stereocenters. The Hall–Kier alpha value is -3.03. The van der Waals surface area contributed by atoms with Crippen molar-refractivity contribution < 1.29 is 27.4 Å². The second-order valence-corrected chi connectivity index (χ2v) is 7.06. The van der Waals surface area contributed by atoms with E-state index in [0.717, 1.165) is 23.8 Å². The molecule has 0 saturated heterocycles. The number of rotatable bonds is 7. The Labute approximate surface area is 182 Å². The van der Waals surface area contributed by atoms with Crippen LogP contribution >= 0.6 is 11.6 Å². The molecule has 0 saturated carbocycles.